The van der Waals surface area contributed by atoms with Gasteiger partial charge in [0, 0.05) is 0 Å². The molecule has 4 aliphatic carbocycles. The van der Waals surface area contributed by atoms with Crippen molar-refractivity contribution in [2.24, 2.45) is 22.7 Å². The lowest BCUT2D eigenvalue weighted by molar-refractivity contribution is -0.160. The maximum absolute atomic E-state index is 11.1. The van der Waals surface area contributed by atoms with Crippen molar-refractivity contribution in [3.05, 3.63) is 0 Å². The van der Waals surface area contributed by atoms with E-state index in [1.807, 2.05) is 0 Å². The molecule has 0 aromatic rings. The van der Waals surface area contributed by atoms with E-state index >= 15 is 0 Å². The van der Waals surface area contributed by atoms with Gasteiger partial charge in [0.1, 0.15) is 0 Å². The van der Waals surface area contributed by atoms with E-state index in [4.69, 9.17) is 10.2 Å². The SMILES string of the molecule is O=C(O)CC12CC3(CC(=O)O)C[C@H](C1)C[C@H](C2)C3. The molecule has 0 saturated heterocycles. The Morgan fingerprint density at radius 3 is 1.61 bits per heavy atom. The molecule has 4 nitrogen and oxygen atoms in total. The first-order valence-corrected chi connectivity index (χ1v) is 6.84. The zero-order valence-corrected chi connectivity index (χ0v) is 10.5. The van der Waals surface area contributed by atoms with Gasteiger partial charge in [-0.1, -0.05) is 0 Å². The van der Waals surface area contributed by atoms with Gasteiger partial charge in [-0.25, -0.2) is 0 Å². The fourth-order valence-electron chi connectivity index (χ4n) is 5.70. The number of hydrogen-bond donors (Lipinski definition) is 2. The standard InChI is InChI=1S/C14H20O4/c15-11(16)6-13-2-9-1-10(4-13)5-14(3-9,8-13)7-12(17)18/h9-10H,1-8H2,(H,15,16)(H,17,18)/t9-,10+,13?,14?. The Labute approximate surface area is 106 Å². The minimum Gasteiger partial charge on any atom is -0.481 e. The van der Waals surface area contributed by atoms with Crippen LogP contribution in [0.15, 0.2) is 0 Å². The fourth-order valence-corrected chi connectivity index (χ4v) is 5.70. The van der Waals surface area contributed by atoms with Gasteiger partial charge < -0.3 is 10.2 Å². The maximum atomic E-state index is 11.1. The minimum absolute atomic E-state index is 0.0919. The van der Waals surface area contributed by atoms with Crippen LogP contribution in [-0.4, -0.2) is 22.2 Å². The third kappa shape index (κ3) is 1.91. The molecule has 0 radical (unpaired) electrons. The number of carboxylic acids is 2. The minimum atomic E-state index is -0.720. The van der Waals surface area contributed by atoms with Gasteiger partial charge in [0.25, 0.3) is 0 Å². The summed E-state index contributed by atoms with van der Waals surface area (Å²) in [5, 5.41) is 18.2. The van der Waals surface area contributed by atoms with Crippen LogP contribution in [0.25, 0.3) is 0 Å². The predicted octanol–water partition coefficient (Wildman–Crippen LogP) is 2.52. The highest BCUT2D eigenvalue weighted by Gasteiger charge is 2.58. The lowest BCUT2D eigenvalue weighted by Gasteiger charge is -2.61. The van der Waals surface area contributed by atoms with E-state index in [2.05, 4.69) is 0 Å². The molecule has 0 unspecified atom stereocenters. The zero-order chi connectivity index (χ0) is 13.0. The molecule has 0 atom stereocenters. The largest absolute Gasteiger partial charge is 0.481 e. The quantitative estimate of drug-likeness (QED) is 0.806. The van der Waals surface area contributed by atoms with Crippen LogP contribution in [0.2, 0.25) is 0 Å². The third-order valence-corrected chi connectivity index (χ3v) is 5.36. The summed E-state index contributed by atoms with van der Waals surface area (Å²) in [5.41, 5.74) is -0.184. The van der Waals surface area contributed by atoms with Crippen LogP contribution in [0.3, 0.4) is 0 Å². The van der Waals surface area contributed by atoms with Crippen molar-refractivity contribution < 1.29 is 19.8 Å². The average Bonchev–Trinajstić information content (AvgIpc) is 2.08. The molecule has 0 amide bonds. The summed E-state index contributed by atoms with van der Waals surface area (Å²) in [6, 6.07) is 0. The maximum Gasteiger partial charge on any atom is 0.303 e. The summed E-state index contributed by atoms with van der Waals surface area (Å²) < 4.78 is 0. The molecule has 18 heavy (non-hydrogen) atoms. The second-order valence-corrected chi connectivity index (χ2v) is 7.10. The molecule has 4 heteroatoms. The van der Waals surface area contributed by atoms with Crippen LogP contribution >= 0.6 is 0 Å². The third-order valence-electron chi connectivity index (χ3n) is 5.36. The van der Waals surface area contributed by atoms with Crippen LogP contribution in [0, 0.1) is 22.7 Å². The summed E-state index contributed by atoms with van der Waals surface area (Å²) in [7, 11) is 0. The van der Waals surface area contributed by atoms with Crippen molar-refractivity contribution >= 4 is 11.9 Å². The summed E-state index contributed by atoms with van der Waals surface area (Å²) in [6.45, 7) is 0. The van der Waals surface area contributed by atoms with Crippen molar-refractivity contribution in [1.82, 2.24) is 0 Å². The van der Waals surface area contributed by atoms with Gasteiger partial charge in [-0.2, -0.15) is 0 Å². The Morgan fingerprint density at radius 1 is 0.889 bits per heavy atom. The average molecular weight is 252 g/mol. The van der Waals surface area contributed by atoms with Gasteiger partial charge in [0.15, 0.2) is 0 Å². The molecular weight excluding hydrogens is 232 g/mol. The normalized spacial score (nSPS) is 45.1. The molecule has 4 saturated carbocycles. The van der Waals surface area contributed by atoms with Crippen LogP contribution in [0.4, 0.5) is 0 Å². The number of carbonyl (C=O) groups is 2. The lowest BCUT2D eigenvalue weighted by Crippen LogP contribution is -2.53. The first-order valence-electron chi connectivity index (χ1n) is 6.84. The molecule has 0 aromatic heterocycles. The highest BCUT2D eigenvalue weighted by molar-refractivity contribution is 5.69. The van der Waals surface area contributed by atoms with Crippen molar-refractivity contribution in [3.63, 3.8) is 0 Å². The number of hydrogen-bond acceptors (Lipinski definition) is 2. The van der Waals surface area contributed by atoms with Gasteiger partial charge in [0.05, 0.1) is 12.8 Å². The lowest BCUT2D eigenvalue weighted by atomic mass is 9.43. The van der Waals surface area contributed by atoms with E-state index < -0.39 is 11.9 Å². The first-order chi connectivity index (χ1) is 8.40. The molecule has 4 bridgehead atoms. The van der Waals surface area contributed by atoms with E-state index in [-0.39, 0.29) is 23.7 Å². The number of carboxylic acid groups (broad SMARTS) is 2. The van der Waals surface area contributed by atoms with Crippen molar-refractivity contribution in [2.45, 2.75) is 51.4 Å². The Balaban J connectivity index is 1.87. The second kappa shape index (κ2) is 3.72. The summed E-state index contributed by atoms with van der Waals surface area (Å²) in [4.78, 5) is 22.2. The molecule has 100 valence electrons. The molecular formula is C14H20O4. The van der Waals surface area contributed by atoms with Crippen molar-refractivity contribution in [3.8, 4) is 0 Å². The monoisotopic (exact) mass is 252 g/mol. The van der Waals surface area contributed by atoms with E-state index in [0.29, 0.717) is 11.8 Å². The zero-order valence-electron chi connectivity index (χ0n) is 10.5. The fraction of sp³-hybridized carbons (Fsp3) is 0.857. The molecule has 0 spiro atoms. The Bertz CT molecular complexity index is 353. The highest BCUT2D eigenvalue weighted by Crippen LogP contribution is 2.67. The van der Waals surface area contributed by atoms with Crippen LogP contribution < -0.4 is 0 Å². The molecule has 0 heterocycles. The Kier molecular flexibility index (Phi) is 2.48. The van der Waals surface area contributed by atoms with Crippen LogP contribution in [0.1, 0.15) is 51.4 Å². The topological polar surface area (TPSA) is 74.6 Å². The first kappa shape index (κ1) is 12.0. The Hall–Kier alpha value is -1.06. The second-order valence-electron chi connectivity index (χ2n) is 7.10. The highest BCUT2D eigenvalue weighted by atomic mass is 16.4. The van der Waals surface area contributed by atoms with Crippen LogP contribution in [-0.2, 0) is 9.59 Å². The van der Waals surface area contributed by atoms with Gasteiger partial charge in [-0.15, -0.1) is 0 Å². The molecule has 0 aromatic carbocycles. The van der Waals surface area contributed by atoms with Gasteiger partial charge >= 0.3 is 11.9 Å². The van der Waals surface area contributed by atoms with E-state index in [1.165, 1.54) is 6.42 Å². The molecule has 2 N–H and O–H groups in total. The van der Waals surface area contributed by atoms with Crippen molar-refractivity contribution in [2.75, 3.05) is 0 Å². The van der Waals surface area contributed by atoms with Crippen LogP contribution in [0.5, 0.6) is 0 Å². The Morgan fingerprint density at radius 2 is 1.28 bits per heavy atom. The molecule has 4 fully saturated rings. The number of aliphatic carboxylic acids is 2. The van der Waals surface area contributed by atoms with Gasteiger partial charge in [-0.3, -0.25) is 9.59 Å². The molecule has 0 aliphatic heterocycles. The smallest absolute Gasteiger partial charge is 0.303 e. The summed E-state index contributed by atoms with van der Waals surface area (Å²) >= 11 is 0. The van der Waals surface area contributed by atoms with Gasteiger partial charge in [-0.05, 0) is 61.2 Å². The molecule has 4 rings (SSSR count). The van der Waals surface area contributed by atoms with E-state index in [9.17, 15) is 9.59 Å². The molecule has 4 aliphatic rings. The van der Waals surface area contributed by atoms with E-state index in [1.54, 1.807) is 0 Å². The predicted molar refractivity (Wildman–Crippen MR) is 64.1 cm³/mol. The number of rotatable bonds is 4. The summed E-state index contributed by atoms with van der Waals surface area (Å²) in [5.74, 6) is -0.292. The van der Waals surface area contributed by atoms with E-state index in [0.717, 1.165) is 32.1 Å². The summed E-state index contributed by atoms with van der Waals surface area (Å²) in [6.07, 6.45) is 6.54. The van der Waals surface area contributed by atoms with Crippen molar-refractivity contribution in [1.29, 1.82) is 0 Å². The van der Waals surface area contributed by atoms with Gasteiger partial charge in [0.2, 0.25) is 0 Å².